The third-order valence-corrected chi connectivity index (χ3v) is 2.83. The molecule has 0 saturated carbocycles. The average Bonchev–Trinajstić information content (AvgIpc) is 2.59. The van der Waals surface area contributed by atoms with E-state index < -0.39 is 0 Å². The zero-order valence-electron chi connectivity index (χ0n) is 13.0. The van der Waals surface area contributed by atoms with Crippen LogP contribution in [0.1, 0.15) is 12.6 Å². The Bertz CT molecular complexity index is 630. The highest BCUT2D eigenvalue weighted by Gasteiger charge is 2.04. The van der Waals surface area contributed by atoms with E-state index in [4.69, 9.17) is 0 Å². The summed E-state index contributed by atoms with van der Waals surface area (Å²) in [5.74, 6) is 0.404. The average molecular weight is 312 g/mol. The minimum absolute atomic E-state index is 0.114. The number of anilines is 1. The van der Waals surface area contributed by atoms with Gasteiger partial charge in [-0.15, -0.1) is 0 Å². The monoisotopic (exact) mass is 312 g/mol. The summed E-state index contributed by atoms with van der Waals surface area (Å²) in [5, 5.41) is 8.83. The number of carbonyl (C=O) groups is 1. The van der Waals surface area contributed by atoms with E-state index in [9.17, 15) is 4.79 Å². The molecule has 0 aliphatic heterocycles. The van der Waals surface area contributed by atoms with Crippen molar-refractivity contribution >= 4 is 17.6 Å². The molecule has 7 heteroatoms. The number of rotatable bonds is 6. The van der Waals surface area contributed by atoms with Gasteiger partial charge in [0.15, 0.2) is 5.96 Å². The molecule has 0 aliphatic carbocycles. The van der Waals surface area contributed by atoms with E-state index in [0.717, 1.165) is 5.69 Å². The summed E-state index contributed by atoms with van der Waals surface area (Å²) in [5.41, 5.74) is 1.53. The molecule has 1 amide bonds. The molecular formula is C16H20N6O. The van der Waals surface area contributed by atoms with E-state index in [1.54, 1.807) is 30.7 Å². The van der Waals surface area contributed by atoms with Crippen LogP contribution in [0.15, 0.2) is 53.9 Å². The van der Waals surface area contributed by atoms with Crippen LogP contribution in [0.2, 0.25) is 0 Å². The molecule has 0 aliphatic rings. The first kappa shape index (κ1) is 16.4. The Kier molecular flexibility index (Phi) is 6.52. The summed E-state index contributed by atoms with van der Waals surface area (Å²) < 4.78 is 0. The predicted octanol–water partition coefficient (Wildman–Crippen LogP) is 1.17. The Labute approximate surface area is 135 Å². The lowest BCUT2D eigenvalue weighted by atomic mass is 10.3. The number of nitrogens with zero attached hydrogens (tertiary/aromatic N) is 3. The number of hydrogen-bond acceptors (Lipinski definition) is 4. The van der Waals surface area contributed by atoms with Crippen LogP contribution in [0.25, 0.3) is 0 Å². The van der Waals surface area contributed by atoms with Crippen LogP contribution >= 0.6 is 0 Å². The Morgan fingerprint density at radius 3 is 2.78 bits per heavy atom. The molecule has 0 unspecified atom stereocenters. The van der Waals surface area contributed by atoms with E-state index >= 15 is 0 Å². The number of guanidine groups is 1. The molecule has 0 saturated heterocycles. The second-order valence-electron chi connectivity index (χ2n) is 4.66. The first-order valence-electron chi connectivity index (χ1n) is 7.40. The van der Waals surface area contributed by atoms with Gasteiger partial charge in [-0.2, -0.15) is 0 Å². The molecule has 3 N–H and O–H groups in total. The standard InChI is InChI=1S/C16H20N6O/c1-2-18-16(20-11-13-6-3-4-9-19-13)21-12-15(23)22-14-7-5-8-17-10-14/h3-10H,2,11-12H2,1H3,(H,22,23)(H2,18,20,21). The highest BCUT2D eigenvalue weighted by Crippen LogP contribution is 2.01. The molecule has 2 aromatic heterocycles. The highest BCUT2D eigenvalue weighted by atomic mass is 16.1. The number of hydrogen-bond donors (Lipinski definition) is 3. The van der Waals surface area contributed by atoms with Gasteiger partial charge in [-0.1, -0.05) is 6.07 Å². The fraction of sp³-hybridized carbons (Fsp3) is 0.250. The second kappa shape index (κ2) is 9.14. The van der Waals surface area contributed by atoms with Crippen LogP contribution in [-0.2, 0) is 11.3 Å². The normalized spacial score (nSPS) is 10.9. The van der Waals surface area contributed by atoms with Crippen molar-refractivity contribution in [2.45, 2.75) is 13.5 Å². The van der Waals surface area contributed by atoms with E-state index in [0.29, 0.717) is 24.7 Å². The van der Waals surface area contributed by atoms with Crippen molar-refractivity contribution in [2.75, 3.05) is 18.4 Å². The van der Waals surface area contributed by atoms with Gasteiger partial charge in [-0.05, 0) is 31.2 Å². The van der Waals surface area contributed by atoms with Gasteiger partial charge in [0.1, 0.15) is 0 Å². The number of aromatic nitrogens is 2. The fourth-order valence-corrected chi connectivity index (χ4v) is 1.80. The first-order chi connectivity index (χ1) is 11.3. The summed E-state index contributed by atoms with van der Waals surface area (Å²) in [6, 6.07) is 9.23. The first-order valence-corrected chi connectivity index (χ1v) is 7.40. The molecule has 0 aromatic carbocycles. The maximum atomic E-state index is 11.9. The van der Waals surface area contributed by atoms with Crippen molar-refractivity contribution in [1.29, 1.82) is 0 Å². The van der Waals surface area contributed by atoms with Crippen molar-refractivity contribution in [3.63, 3.8) is 0 Å². The molecule has 7 nitrogen and oxygen atoms in total. The maximum Gasteiger partial charge on any atom is 0.243 e. The Morgan fingerprint density at radius 1 is 1.17 bits per heavy atom. The van der Waals surface area contributed by atoms with Crippen LogP contribution in [-0.4, -0.2) is 34.9 Å². The van der Waals surface area contributed by atoms with Gasteiger partial charge < -0.3 is 16.0 Å². The van der Waals surface area contributed by atoms with Gasteiger partial charge in [0.05, 0.1) is 30.7 Å². The summed E-state index contributed by atoms with van der Waals surface area (Å²) >= 11 is 0. The van der Waals surface area contributed by atoms with Gasteiger partial charge >= 0.3 is 0 Å². The SMILES string of the molecule is CCNC(=NCc1ccccn1)NCC(=O)Nc1cccnc1. The van der Waals surface area contributed by atoms with Gasteiger partial charge in [-0.25, -0.2) is 4.99 Å². The number of amides is 1. The van der Waals surface area contributed by atoms with E-state index in [-0.39, 0.29) is 12.5 Å². The quantitative estimate of drug-likeness (QED) is 0.550. The summed E-state index contributed by atoms with van der Waals surface area (Å²) in [6.07, 6.45) is 4.98. The molecule has 2 rings (SSSR count). The number of aliphatic imine (C=N–C) groups is 1. The van der Waals surface area contributed by atoms with Gasteiger partial charge in [-0.3, -0.25) is 14.8 Å². The Morgan fingerprint density at radius 2 is 2.09 bits per heavy atom. The lowest BCUT2D eigenvalue weighted by molar-refractivity contribution is -0.115. The minimum Gasteiger partial charge on any atom is -0.357 e. The van der Waals surface area contributed by atoms with Crippen molar-refractivity contribution < 1.29 is 4.79 Å². The van der Waals surface area contributed by atoms with E-state index in [2.05, 4.69) is 30.9 Å². The van der Waals surface area contributed by atoms with Crippen molar-refractivity contribution in [1.82, 2.24) is 20.6 Å². The van der Waals surface area contributed by atoms with Crippen LogP contribution < -0.4 is 16.0 Å². The molecule has 0 fully saturated rings. The van der Waals surface area contributed by atoms with Crippen molar-refractivity contribution in [3.8, 4) is 0 Å². The third kappa shape index (κ3) is 6.13. The maximum absolute atomic E-state index is 11.9. The molecule has 120 valence electrons. The van der Waals surface area contributed by atoms with Crippen LogP contribution in [0.4, 0.5) is 5.69 Å². The molecular weight excluding hydrogens is 292 g/mol. The van der Waals surface area contributed by atoms with Crippen LogP contribution in [0.3, 0.4) is 0 Å². The topological polar surface area (TPSA) is 91.3 Å². The Hall–Kier alpha value is -2.96. The summed E-state index contributed by atoms with van der Waals surface area (Å²) in [6.45, 7) is 3.23. The molecule has 23 heavy (non-hydrogen) atoms. The van der Waals surface area contributed by atoms with Gasteiger partial charge in [0.2, 0.25) is 5.91 Å². The zero-order valence-corrected chi connectivity index (χ0v) is 13.0. The third-order valence-electron chi connectivity index (χ3n) is 2.83. The molecule has 2 heterocycles. The van der Waals surface area contributed by atoms with Crippen LogP contribution in [0, 0.1) is 0 Å². The van der Waals surface area contributed by atoms with Gasteiger partial charge in [0, 0.05) is 18.9 Å². The van der Waals surface area contributed by atoms with Crippen LogP contribution in [0.5, 0.6) is 0 Å². The molecule has 0 atom stereocenters. The van der Waals surface area contributed by atoms with E-state index in [1.807, 2.05) is 25.1 Å². The number of nitrogens with one attached hydrogen (secondary N) is 3. The number of carbonyl (C=O) groups excluding carboxylic acids is 1. The fourth-order valence-electron chi connectivity index (χ4n) is 1.80. The Balaban J connectivity index is 1.85. The zero-order chi connectivity index (χ0) is 16.3. The smallest absolute Gasteiger partial charge is 0.243 e. The van der Waals surface area contributed by atoms with Crippen molar-refractivity contribution in [2.24, 2.45) is 4.99 Å². The van der Waals surface area contributed by atoms with Gasteiger partial charge in [0.25, 0.3) is 0 Å². The molecule has 2 aromatic rings. The largest absolute Gasteiger partial charge is 0.357 e. The molecule has 0 bridgehead atoms. The lowest BCUT2D eigenvalue weighted by Gasteiger charge is -2.11. The molecule has 0 spiro atoms. The minimum atomic E-state index is -0.165. The number of pyridine rings is 2. The van der Waals surface area contributed by atoms with E-state index in [1.165, 1.54) is 0 Å². The lowest BCUT2D eigenvalue weighted by Crippen LogP contribution is -2.41. The highest BCUT2D eigenvalue weighted by molar-refractivity contribution is 5.94. The summed E-state index contributed by atoms with van der Waals surface area (Å²) in [4.78, 5) is 24.5. The predicted molar refractivity (Wildman–Crippen MR) is 89.9 cm³/mol. The second-order valence-corrected chi connectivity index (χ2v) is 4.66. The summed E-state index contributed by atoms with van der Waals surface area (Å²) in [7, 11) is 0. The molecule has 0 radical (unpaired) electrons. The van der Waals surface area contributed by atoms with Crippen molar-refractivity contribution in [3.05, 3.63) is 54.6 Å².